The predicted molar refractivity (Wildman–Crippen MR) is 51.5 cm³/mol. The number of aryl methyl sites for hydroxylation is 1. The van der Waals surface area contributed by atoms with Crippen molar-refractivity contribution in [1.29, 1.82) is 0 Å². The SMILES string of the molecule is O=C(O)CCn1nc(C(F)(F)F)cc1C1CC1. The number of carboxylic acid groups (broad SMARTS) is 1. The Morgan fingerprint density at radius 2 is 2.18 bits per heavy atom. The van der Waals surface area contributed by atoms with Crippen LogP contribution in [0.25, 0.3) is 0 Å². The molecule has 94 valence electrons. The van der Waals surface area contributed by atoms with Gasteiger partial charge in [-0.2, -0.15) is 18.3 Å². The molecule has 0 radical (unpaired) electrons. The number of aromatic nitrogens is 2. The smallest absolute Gasteiger partial charge is 0.435 e. The van der Waals surface area contributed by atoms with E-state index < -0.39 is 17.8 Å². The Labute approximate surface area is 95.0 Å². The van der Waals surface area contributed by atoms with E-state index in [0.717, 1.165) is 18.9 Å². The highest BCUT2D eigenvalue weighted by Gasteiger charge is 2.37. The molecule has 1 N–H and O–H groups in total. The van der Waals surface area contributed by atoms with Crippen molar-refractivity contribution in [3.8, 4) is 0 Å². The molecule has 1 aromatic rings. The van der Waals surface area contributed by atoms with Crippen LogP contribution >= 0.6 is 0 Å². The van der Waals surface area contributed by atoms with E-state index in [1.807, 2.05) is 0 Å². The fourth-order valence-electron chi connectivity index (χ4n) is 1.66. The fraction of sp³-hybridized carbons (Fsp3) is 0.600. The highest BCUT2D eigenvalue weighted by molar-refractivity contribution is 5.66. The largest absolute Gasteiger partial charge is 0.481 e. The standard InChI is InChI=1S/C10H11F3N2O2/c11-10(12,13)8-5-7(6-1-2-6)15(14-8)4-3-9(16)17/h5-6H,1-4H2,(H,16,17). The molecule has 0 bridgehead atoms. The molecule has 1 aliphatic rings. The molecule has 0 unspecified atom stereocenters. The summed E-state index contributed by atoms with van der Waals surface area (Å²) in [6.45, 7) is -0.0166. The van der Waals surface area contributed by atoms with Gasteiger partial charge < -0.3 is 5.11 Å². The van der Waals surface area contributed by atoms with Gasteiger partial charge in [-0.1, -0.05) is 0 Å². The minimum Gasteiger partial charge on any atom is -0.481 e. The molecule has 0 atom stereocenters. The van der Waals surface area contributed by atoms with Crippen molar-refractivity contribution in [1.82, 2.24) is 9.78 Å². The molecular formula is C10H11F3N2O2. The van der Waals surface area contributed by atoms with E-state index in [1.54, 1.807) is 0 Å². The summed E-state index contributed by atoms with van der Waals surface area (Å²) >= 11 is 0. The third-order valence-electron chi connectivity index (χ3n) is 2.63. The average molecular weight is 248 g/mol. The van der Waals surface area contributed by atoms with Crippen molar-refractivity contribution in [3.05, 3.63) is 17.5 Å². The first-order valence-corrected chi connectivity index (χ1v) is 5.24. The Morgan fingerprint density at radius 3 is 2.65 bits per heavy atom. The maximum atomic E-state index is 12.5. The van der Waals surface area contributed by atoms with E-state index in [-0.39, 0.29) is 18.9 Å². The number of halogens is 3. The maximum Gasteiger partial charge on any atom is 0.435 e. The van der Waals surface area contributed by atoms with Gasteiger partial charge in [-0.05, 0) is 18.9 Å². The normalized spacial score (nSPS) is 16.2. The Bertz CT molecular complexity index is 435. The van der Waals surface area contributed by atoms with Crippen LogP contribution in [0, 0.1) is 0 Å². The third-order valence-corrected chi connectivity index (χ3v) is 2.63. The number of rotatable bonds is 4. The number of carbonyl (C=O) groups is 1. The molecule has 4 nitrogen and oxygen atoms in total. The second-order valence-corrected chi connectivity index (χ2v) is 4.09. The zero-order valence-corrected chi connectivity index (χ0v) is 8.87. The molecule has 0 saturated heterocycles. The molecule has 1 heterocycles. The lowest BCUT2D eigenvalue weighted by Gasteiger charge is -2.04. The van der Waals surface area contributed by atoms with Crippen molar-refractivity contribution in [2.24, 2.45) is 0 Å². The summed E-state index contributed by atoms with van der Waals surface area (Å²) < 4.78 is 38.6. The van der Waals surface area contributed by atoms with E-state index >= 15 is 0 Å². The van der Waals surface area contributed by atoms with Gasteiger partial charge >= 0.3 is 12.1 Å². The summed E-state index contributed by atoms with van der Waals surface area (Å²) in [5.74, 6) is -0.941. The summed E-state index contributed by atoms with van der Waals surface area (Å²) in [5, 5.41) is 12.0. The van der Waals surface area contributed by atoms with Crippen molar-refractivity contribution in [3.63, 3.8) is 0 Å². The summed E-state index contributed by atoms with van der Waals surface area (Å²) in [5.41, 5.74) is -0.441. The van der Waals surface area contributed by atoms with Crippen molar-refractivity contribution < 1.29 is 23.1 Å². The second-order valence-electron chi connectivity index (χ2n) is 4.09. The van der Waals surface area contributed by atoms with Crippen LogP contribution in [0.5, 0.6) is 0 Å². The van der Waals surface area contributed by atoms with Crippen LogP contribution in [0.1, 0.15) is 36.6 Å². The highest BCUT2D eigenvalue weighted by Crippen LogP contribution is 2.42. The Kier molecular flexibility index (Phi) is 2.84. The van der Waals surface area contributed by atoms with Crippen LogP contribution in [0.15, 0.2) is 6.07 Å². The number of carboxylic acids is 1. The predicted octanol–water partition coefficient (Wildman–Crippen LogP) is 2.25. The molecule has 0 aromatic carbocycles. The third kappa shape index (κ3) is 2.78. The van der Waals surface area contributed by atoms with Gasteiger partial charge in [0.2, 0.25) is 0 Å². The summed E-state index contributed by atoms with van der Waals surface area (Å²) in [7, 11) is 0. The Hall–Kier alpha value is -1.53. The van der Waals surface area contributed by atoms with Crippen LogP contribution < -0.4 is 0 Å². The molecule has 0 spiro atoms. The summed E-state index contributed by atoms with van der Waals surface area (Å²) in [4.78, 5) is 10.4. The lowest BCUT2D eigenvalue weighted by molar-refractivity contribution is -0.141. The molecule has 0 aliphatic heterocycles. The topological polar surface area (TPSA) is 55.1 Å². The molecule has 2 rings (SSSR count). The molecule has 0 amide bonds. The summed E-state index contributed by atoms with van der Waals surface area (Å²) in [6, 6.07) is 1.03. The Balaban J connectivity index is 2.22. The quantitative estimate of drug-likeness (QED) is 0.889. The van der Waals surface area contributed by atoms with E-state index in [2.05, 4.69) is 5.10 Å². The van der Waals surface area contributed by atoms with Gasteiger partial charge in [0.1, 0.15) is 0 Å². The molecule has 1 aliphatic carbocycles. The average Bonchev–Trinajstić information content (AvgIpc) is 2.93. The van der Waals surface area contributed by atoms with Gasteiger partial charge in [0.15, 0.2) is 5.69 Å². The first-order valence-electron chi connectivity index (χ1n) is 5.24. The van der Waals surface area contributed by atoms with Crippen molar-refractivity contribution in [2.75, 3.05) is 0 Å². The number of alkyl halides is 3. The maximum absolute atomic E-state index is 12.5. The molecule has 1 saturated carbocycles. The van der Waals surface area contributed by atoms with Gasteiger partial charge in [-0.3, -0.25) is 9.48 Å². The zero-order chi connectivity index (χ0) is 12.6. The highest BCUT2D eigenvalue weighted by atomic mass is 19.4. The first kappa shape index (κ1) is 11.9. The van der Waals surface area contributed by atoms with E-state index in [4.69, 9.17) is 5.11 Å². The van der Waals surface area contributed by atoms with Crippen LogP contribution in [0.2, 0.25) is 0 Å². The van der Waals surface area contributed by atoms with Crippen molar-refractivity contribution in [2.45, 2.75) is 37.9 Å². The Morgan fingerprint density at radius 1 is 1.53 bits per heavy atom. The monoisotopic (exact) mass is 248 g/mol. The zero-order valence-electron chi connectivity index (χ0n) is 8.87. The lowest BCUT2D eigenvalue weighted by Crippen LogP contribution is -2.11. The van der Waals surface area contributed by atoms with Gasteiger partial charge in [0.25, 0.3) is 0 Å². The lowest BCUT2D eigenvalue weighted by atomic mass is 10.2. The number of aliphatic carboxylic acids is 1. The molecule has 17 heavy (non-hydrogen) atoms. The van der Waals surface area contributed by atoms with Gasteiger partial charge in [0.05, 0.1) is 13.0 Å². The van der Waals surface area contributed by atoms with Crippen LogP contribution in [0.3, 0.4) is 0 Å². The van der Waals surface area contributed by atoms with E-state index in [0.29, 0.717) is 5.69 Å². The number of nitrogens with zero attached hydrogens (tertiary/aromatic N) is 2. The van der Waals surface area contributed by atoms with Crippen LogP contribution in [-0.4, -0.2) is 20.9 Å². The number of hydrogen-bond acceptors (Lipinski definition) is 2. The number of hydrogen-bond donors (Lipinski definition) is 1. The molecule has 1 fully saturated rings. The van der Waals surface area contributed by atoms with Crippen LogP contribution in [-0.2, 0) is 17.5 Å². The van der Waals surface area contributed by atoms with E-state index in [1.165, 1.54) is 4.68 Å². The molecule has 7 heteroatoms. The fourth-order valence-corrected chi connectivity index (χ4v) is 1.66. The van der Waals surface area contributed by atoms with Gasteiger partial charge in [-0.15, -0.1) is 0 Å². The molecule has 1 aromatic heterocycles. The first-order chi connectivity index (χ1) is 7.88. The van der Waals surface area contributed by atoms with Gasteiger partial charge in [0, 0.05) is 11.6 Å². The minimum atomic E-state index is -4.47. The summed E-state index contributed by atoms with van der Waals surface area (Å²) in [6.07, 6.45) is -3.01. The van der Waals surface area contributed by atoms with E-state index in [9.17, 15) is 18.0 Å². The second kappa shape index (κ2) is 4.05. The van der Waals surface area contributed by atoms with Crippen molar-refractivity contribution >= 4 is 5.97 Å². The minimum absolute atomic E-state index is 0.0166. The van der Waals surface area contributed by atoms with Crippen LogP contribution in [0.4, 0.5) is 13.2 Å². The molecular weight excluding hydrogens is 237 g/mol. The van der Waals surface area contributed by atoms with Gasteiger partial charge in [-0.25, -0.2) is 0 Å².